The van der Waals surface area contributed by atoms with Gasteiger partial charge in [-0.25, -0.2) is 4.68 Å². The summed E-state index contributed by atoms with van der Waals surface area (Å²) >= 11 is 3.03. The number of nitrogens with zero attached hydrogens (tertiary/aromatic N) is 5. The van der Waals surface area contributed by atoms with Crippen LogP contribution in [0.5, 0.6) is 0 Å². The van der Waals surface area contributed by atoms with Crippen LogP contribution >= 0.6 is 23.1 Å². The van der Waals surface area contributed by atoms with Crippen LogP contribution in [-0.2, 0) is 17.6 Å². The molecule has 0 spiro atoms. The molecule has 0 bridgehead atoms. The molecule has 0 fully saturated rings. The Hall–Kier alpha value is -1.92. The van der Waals surface area contributed by atoms with Crippen molar-refractivity contribution in [3.8, 4) is 6.07 Å². The van der Waals surface area contributed by atoms with E-state index in [1.807, 2.05) is 13.8 Å². The highest BCUT2D eigenvalue weighted by molar-refractivity contribution is 7.99. The Kier molecular flexibility index (Phi) is 6.27. The molecule has 138 valence electrons. The molecule has 3 rings (SSSR count). The van der Waals surface area contributed by atoms with Gasteiger partial charge in [-0.3, -0.25) is 4.79 Å². The first-order valence-corrected chi connectivity index (χ1v) is 10.7. The van der Waals surface area contributed by atoms with Gasteiger partial charge in [0, 0.05) is 17.1 Å². The summed E-state index contributed by atoms with van der Waals surface area (Å²) in [6, 6.07) is 2.48. The Morgan fingerprint density at radius 1 is 1.38 bits per heavy atom. The minimum atomic E-state index is -0.0750. The standard InChI is InChI=1S/C17H22N6OS2/c1-11(2)23-17(20-21-22-23)25-9-8-15(24)19-16-13(10-18)12-6-4-3-5-7-14(12)26-16/h11H,3-9H2,1-2H3,(H,19,24). The van der Waals surface area contributed by atoms with Gasteiger partial charge in [0.05, 0.1) is 11.6 Å². The van der Waals surface area contributed by atoms with Crippen molar-refractivity contribution in [2.75, 3.05) is 11.1 Å². The fourth-order valence-corrected chi connectivity index (χ4v) is 5.18. The van der Waals surface area contributed by atoms with Gasteiger partial charge in [0.25, 0.3) is 0 Å². The number of thiophene rings is 1. The van der Waals surface area contributed by atoms with Gasteiger partial charge < -0.3 is 5.32 Å². The van der Waals surface area contributed by atoms with Crippen molar-refractivity contribution in [1.82, 2.24) is 20.2 Å². The third-order valence-electron chi connectivity index (χ3n) is 4.30. The minimum absolute atomic E-state index is 0.0750. The molecular formula is C17H22N6OS2. The fourth-order valence-electron chi connectivity index (χ4n) is 2.98. The molecular weight excluding hydrogens is 368 g/mol. The van der Waals surface area contributed by atoms with Gasteiger partial charge in [-0.05, 0) is 55.5 Å². The second kappa shape index (κ2) is 8.64. The summed E-state index contributed by atoms with van der Waals surface area (Å²) < 4.78 is 1.74. The van der Waals surface area contributed by atoms with Crippen LogP contribution in [0, 0.1) is 11.3 Å². The number of nitrogens with one attached hydrogen (secondary N) is 1. The molecule has 2 aromatic rings. The molecule has 1 aliphatic carbocycles. The Morgan fingerprint density at radius 2 is 2.19 bits per heavy atom. The number of fused-ring (bicyclic) bond motifs is 1. The molecule has 7 nitrogen and oxygen atoms in total. The van der Waals surface area contributed by atoms with Crippen molar-refractivity contribution in [1.29, 1.82) is 5.26 Å². The predicted molar refractivity (Wildman–Crippen MR) is 102 cm³/mol. The molecule has 1 amide bonds. The van der Waals surface area contributed by atoms with Gasteiger partial charge in [0.2, 0.25) is 11.1 Å². The van der Waals surface area contributed by atoms with E-state index in [0.717, 1.165) is 31.2 Å². The zero-order chi connectivity index (χ0) is 18.5. The van der Waals surface area contributed by atoms with E-state index in [4.69, 9.17) is 0 Å². The number of tetrazole rings is 1. The molecule has 0 saturated heterocycles. The Labute approximate surface area is 161 Å². The zero-order valence-corrected chi connectivity index (χ0v) is 16.6. The largest absolute Gasteiger partial charge is 0.317 e. The summed E-state index contributed by atoms with van der Waals surface area (Å²) in [7, 11) is 0. The molecule has 0 atom stereocenters. The molecule has 26 heavy (non-hydrogen) atoms. The summed E-state index contributed by atoms with van der Waals surface area (Å²) in [4.78, 5) is 13.6. The normalized spacial score (nSPS) is 13.9. The molecule has 2 heterocycles. The van der Waals surface area contributed by atoms with E-state index in [2.05, 4.69) is 26.9 Å². The van der Waals surface area contributed by atoms with Crippen LogP contribution in [0.2, 0.25) is 0 Å². The number of aryl methyl sites for hydroxylation is 1. The molecule has 2 aromatic heterocycles. The highest BCUT2D eigenvalue weighted by Gasteiger charge is 2.21. The number of hydrogen-bond donors (Lipinski definition) is 1. The topological polar surface area (TPSA) is 96.5 Å². The lowest BCUT2D eigenvalue weighted by Crippen LogP contribution is -2.12. The zero-order valence-electron chi connectivity index (χ0n) is 15.0. The lowest BCUT2D eigenvalue weighted by molar-refractivity contribution is -0.115. The molecule has 0 radical (unpaired) electrons. The van der Waals surface area contributed by atoms with Gasteiger partial charge >= 0.3 is 0 Å². The third-order valence-corrected chi connectivity index (χ3v) is 6.44. The smallest absolute Gasteiger partial charge is 0.225 e. The predicted octanol–water partition coefficient (Wildman–Crippen LogP) is 3.58. The maximum atomic E-state index is 12.3. The highest BCUT2D eigenvalue weighted by atomic mass is 32.2. The summed E-state index contributed by atoms with van der Waals surface area (Å²) in [5.74, 6) is 0.514. The number of nitriles is 1. The Bertz CT molecular complexity index is 820. The number of amides is 1. The number of carbonyl (C=O) groups excluding carboxylic acids is 1. The quantitative estimate of drug-likeness (QED) is 0.598. The molecule has 0 saturated carbocycles. The molecule has 9 heteroatoms. The average molecular weight is 391 g/mol. The van der Waals surface area contributed by atoms with Crippen LogP contribution in [0.15, 0.2) is 5.16 Å². The van der Waals surface area contributed by atoms with Crippen LogP contribution in [0.25, 0.3) is 0 Å². The van der Waals surface area contributed by atoms with Crippen molar-refractivity contribution in [3.63, 3.8) is 0 Å². The maximum absolute atomic E-state index is 12.3. The summed E-state index contributed by atoms with van der Waals surface area (Å²) in [5, 5.41) is 25.5. The van der Waals surface area contributed by atoms with Crippen LogP contribution in [0.3, 0.4) is 0 Å². The van der Waals surface area contributed by atoms with Crippen molar-refractivity contribution in [3.05, 3.63) is 16.0 Å². The molecule has 1 N–H and O–H groups in total. The molecule has 0 aliphatic heterocycles. The van der Waals surface area contributed by atoms with E-state index < -0.39 is 0 Å². The van der Waals surface area contributed by atoms with Crippen LogP contribution < -0.4 is 5.32 Å². The maximum Gasteiger partial charge on any atom is 0.225 e. The van der Waals surface area contributed by atoms with Gasteiger partial charge in [0.1, 0.15) is 11.1 Å². The van der Waals surface area contributed by atoms with Gasteiger partial charge in [-0.15, -0.1) is 16.4 Å². The van der Waals surface area contributed by atoms with Crippen LogP contribution in [-0.4, -0.2) is 31.9 Å². The summed E-state index contributed by atoms with van der Waals surface area (Å²) in [5.41, 5.74) is 1.81. The summed E-state index contributed by atoms with van der Waals surface area (Å²) in [6.45, 7) is 4.02. The van der Waals surface area contributed by atoms with Crippen molar-refractivity contribution in [2.24, 2.45) is 0 Å². The highest BCUT2D eigenvalue weighted by Crippen LogP contribution is 2.37. The lowest BCUT2D eigenvalue weighted by atomic mass is 10.1. The van der Waals surface area contributed by atoms with E-state index in [-0.39, 0.29) is 11.9 Å². The summed E-state index contributed by atoms with van der Waals surface area (Å²) in [6.07, 6.45) is 5.79. The Morgan fingerprint density at radius 3 is 2.96 bits per heavy atom. The molecule has 1 aliphatic rings. The second-order valence-electron chi connectivity index (χ2n) is 6.53. The fraction of sp³-hybridized carbons (Fsp3) is 0.588. The number of anilines is 1. The van der Waals surface area contributed by atoms with E-state index >= 15 is 0 Å². The lowest BCUT2D eigenvalue weighted by Gasteiger charge is -2.07. The average Bonchev–Trinajstić information content (AvgIpc) is 3.13. The van der Waals surface area contributed by atoms with Gasteiger partial charge in [-0.2, -0.15) is 5.26 Å². The third kappa shape index (κ3) is 4.24. The number of rotatable bonds is 6. The van der Waals surface area contributed by atoms with E-state index in [0.29, 0.717) is 27.9 Å². The Balaban J connectivity index is 1.58. The first kappa shape index (κ1) is 18.9. The van der Waals surface area contributed by atoms with Crippen molar-refractivity contribution >= 4 is 34.0 Å². The minimum Gasteiger partial charge on any atom is -0.317 e. The number of carbonyl (C=O) groups is 1. The first-order valence-electron chi connectivity index (χ1n) is 8.85. The van der Waals surface area contributed by atoms with E-state index in [1.54, 1.807) is 16.0 Å². The molecule has 0 aromatic carbocycles. The first-order chi connectivity index (χ1) is 12.6. The van der Waals surface area contributed by atoms with Crippen LogP contribution in [0.4, 0.5) is 5.00 Å². The van der Waals surface area contributed by atoms with E-state index in [9.17, 15) is 10.1 Å². The van der Waals surface area contributed by atoms with Gasteiger partial charge in [-0.1, -0.05) is 18.2 Å². The SMILES string of the molecule is CC(C)n1nnnc1SCCC(=O)Nc1sc2c(c1C#N)CCCCC2. The second-order valence-corrected chi connectivity index (χ2v) is 8.69. The van der Waals surface area contributed by atoms with Crippen molar-refractivity contribution < 1.29 is 4.79 Å². The van der Waals surface area contributed by atoms with Crippen LogP contribution in [0.1, 0.15) is 61.6 Å². The van der Waals surface area contributed by atoms with E-state index in [1.165, 1.54) is 23.1 Å². The number of hydrogen-bond acceptors (Lipinski definition) is 7. The molecule has 0 unspecified atom stereocenters. The number of thioether (sulfide) groups is 1. The number of aromatic nitrogens is 4. The van der Waals surface area contributed by atoms with Gasteiger partial charge in [0.15, 0.2) is 0 Å². The monoisotopic (exact) mass is 390 g/mol. The van der Waals surface area contributed by atoms with Crippen molar-refractivity contribution in [2.45, 2.75) is 63.6 Å².